The smallest absolute Gasteiger partial charge is 0.255 e. The van der Waals surface area contributed by atoms with Gasteiger partial charge in [-0.3, -0.25) is 9.59 Å². The van der Waals surface area contributed by atoms with Crippen LogP contribution in [0.25, 0.3) is 0 Å². The Labute approximate surface area is 155 Å². The molecule has 4 rings (SSSR count). The van der Waals surface area contributed by atoms with Crippen LogP contribution < -0.4 is 10.2 Å². The Morgan fingerprint density at radius 2 is 1.96 bits per heavy atom. The molecule has 1 saturated carbocycles. The van der Waals surface area contributed by atoms with E-state index in [0.717, 1.165) is 52.8 Å². The molecule has 2 aromatic rings. The van der Waals surface area contributed by atoms with Crippen molar-refractivity contribution in [1.82, 2.24) is 0 Å². The molecule has 0 spiro atoms. The number of benzene rings is 2. The average molecular weight is 399 g/mol. The van der Waals surface area contributed by atoms with Gasteiger partial charge in [0.25, 0.3) is 5.91 Å². The minimum absolute atomic E-state index is 0.128. The first-order valence-electron chi connectivity index (χ1n) is 8.55. The number of nitrogens with zero attached hydrogens (tertiary/aromatic N) is 1. The summed E-state index contributed by atoms with van der Waals surface area (Å²) in [5.41, 5.74) is 4.51. The summed E-state index contributed by atoms with van der Waals surface area (Å²) in [6.07, 6.45) is 2.84. The number of amides is 2. The highest BCUT2D eigenvalue weighted by molar-refractivity contribution is 9.10. The van der Waals surface area contributed by atoms with E-state index < -0.39 is 0 Å². The van der Waals surface area contributed by atoms with Crippen LogP contribution in [-0.2, 0) is 11.2 Å². The standard InChI is InChI=1S/C20H19BrN2O2/c1-12-10-16(5-6-17(12)21)22-19(24)15-4-7-18-14(11-15)8-9-23(18)20(25)13-2-3-13/h4-7,10-11,13H,2-3,8-9H2,1H3,(H,22,24). The Bertz CT molecular complexity index is 874. The first-order chi connectivity index (χ1) is 12.0. The molecule has 1 aliphatic heterocycles. The molecule has 2 amide bonds. The lowest BCUT2D eigenvalue weighted by atomic mass is 10.1. The number of nitrogens with one attached hydrogen (secondary N) is 1. The number of aryl methyl sites for hydroxylation is 1. The van der Waals surface area contributed by atoms with Crippen LogP contribution in [0.15, 0.2) is 40.9 Å². The zero-order chi connectivity index (χ0) is 17.6. The summed E-state index contributed by atoms with van der Waals surface area (Å²) in [7, 11) is 0. The second-order valence-electron chi connectivity index (χ2n) is 6.78. The van der Waals surface area contributed by atoms with Crippen molar-refractivity contribution >= 4 is 39.1 Å². The molecule has 0 atom stereocenters. The number of hydrogen-bond donors (Lipinski definition) is 1. The first-order valence-corrected chi connectivity index (χ1v) is 9.34. The number of hydrogen-bond acceptors (Lipinski definition) is 2. The Morgan fingerprint density at radius 1 is 1.16 bits per heavy atom. The Hall–Kier alpha value is -2.14. The van der Waals surface area contributed by atoms with E-state index >= 15 is 0 Å². The van der Waals surface area contributed by atoms with E-state index in [9.17, 15) is 9.59 Å². The van der Waals surface area contributed by atoms with Crippen LogP contribution in [0, 0.1) is 12.8 Å². The number of halogens is 1. The van der Waals surface area contributed by atoms with Gasteiger partial charge in [-0.25, -0.2) is 0 Å². The van der Waals surface area contributed by atoms with Gasteiger partial charge in [-0.2, -0.15) is 0 Å². The maximum atomic E-state index is 12.5. The van der Waals surface area contributed by atoms with Crippen LogP contribution >= 0.6 is 15.9 Å². The fourth-order valence-corrected chi connectivity index (χ4v) is 3.49. The van der Waals surface area contributed by atoms with Crippen molar-refractivity contribution < 1.29 is 9.59 Å². The molecule has 1 heterocycles. The molecule has 0 aromatic heterocycles. The quantitative estimate of drug-likeness (QED) is 0.837. The van der Waals surface area contributed by atoms with Gasteiger partial charge in [0.1, 0.15) is 0 Å². The van der Waals surface area contributed by atoms with Crippen LogP contribution in [0.1, 0.15) is 34.3 Å². The van der Waals surface area contributed by atoms with E-state index in [1.54, 1.807) is 6.07 Å². The molecular formula is C20H19BrN2O2. The number of carbonyl (C=O) groups excluding carboxylic acids is 2. The maximum absolute atomic E-state index is 12.5. The van der Waals surface area contributed by atoms with Gasteiger partial charge in [-0.15, -0.1) is 0 Å². The molecule has 5 heteroatoms. The number of fused-ring (bicyclic) bond motifs is 1. The van der Waals surface area contributed by atoms with Gasteiger partial charge in [0.2, 0.25) is 5.91 Å². The van der Waals surface area contributed by atoms with Crippen LogP contribution in [0.2, 0.25) is 0 Å². The third-order valence-corrected chi connectivity index (χ3v) is 5.74. The largest absolute Gasteiger partial charge is 0.322 e. The van der Waals surface area contributed by atoms with Crippen molar-refractivity contribution in [2.24, 2.45) is 5.92 Å². The summed E-state index contributed by atoms with van der Waals surface area (Å²) in [6, 6.07) is 11.4. The Kier molecular flexibility index (Phi) is 4.12. The van der Waals surface area contributed by atoms with Crippen molar-refractivity contribution in [2.75, 3.05) is 16.8 Å². The van der Waals surface area contributed by atoms with Crippen molar-refractivity contribution in [3.63, 3.8) is 0 Å². The van der Waals surface area contributed by atoms with E-state index in [-0.39, 0.29) is 17.7 Å². The monoisotopic (exact) mass is 398 g/mol. The lowest BCUT2D eigenvalue weighted by molar-refractivity contribution is -0.119. The molecular weight excluding hydrogens is 380 g/mol. The van der Waals surface area contributed by atoms with Gasteiger partial charge < -0.3 is 10.2 Å². The Balaban J connectivity index is 1.52. The topological polar surface area (TPSA) is 49.4 Å². The number of anilines is 2. The molecule has 2 aliphatic rings. The summed E-state index contributed by atoms with van der Waals surface area (Å²) < 4.78 is 1.02. The lowest BCUT2D eigenvalue weighted by Gasteiger charge is -2.17. The minimum atomic E-state index is -0.128. The number of rotatable bonds is 3. The van der Waals surface area contributed by atoms with Gasteiger partial charge in [0.05, 0.1) is 0 Å². The fraction of sp³-hybridized carbons (Fsp3) is 0.300. The first kappa shape index (κ1) is 16.3. The summed E-state index contributed by atoms with van der Waals surface area (Å²) in [5, 5.41) is 2.94. The maximum Gasteiger partial charge on any atom is 0.255 e. The van der Waals surface area contributed by atoms with Crippen LogP contribution in [0.5, 0.6) is 0 Å². The van der Waals surface area contributed by atoms with E-state index in [1.165, 1.54) is 0 Å². The van der Waals surface area contributed by atoms with Gasteiger partial charge in [0.15, 0.2) is 0 Å². The molecule has 1 fully saturated rings. The van der Waals surface area contributed by atoms with Crippen LogP contribution in [0.3, 0.4) is 0 Å². The van der Waals surface area contributed by atoms with Crippen molar-refractivity contribution in [3.05, 3.63) is 57.6 Å². The fourth-order valence-electron chi connectivity index (χ4n) is 3.25. The third-order valence-electron chi connectivity index (χ3n) is 4.85. The van der Waals surface area contributed by atoms with E-state index in [2.05, 4.69) is 21.2 Å². The molecule has 25 heavy (non-hydrogen) atoms. The van der Waals surface area contributed by atoms with Crippen LogP contribution in [0.4, 0.5) is 11.4 Å². The molecule has 0 unspecified atom stereocenters. The normalized spacial score (nSPS) is 15.8. The molecule has 0 radical (unpaired) electrons. The SMILES string of the molecule is Cc1cc(NC(=O)c2ccc3c(c2)CCN3C(=O)C2CC2)ccc1Br. The third kappa shape index (κ3) is 3.21. The molecule has 128 valence electrons. The number of carbonyl (C=O) groups is 2. The molecule has 4 nitrogen and oxygen atoms in total. The van der Waals surface area contributed by atoms with Gasteiger partial charge in [0, 0.05) is 33.9 Å². The van der Waals surface area contributed by atoms with Gasteiger partial charge >= 0.3 is 0 Å². The highest BCUT2D eigenvalue weighted by Crippen LogP contribution is 2.36. The molecule has 0 bridgehead atoms. The molecule has 0 saturated heterocycles. The predicted molar refractivity (Wildman–Crippen MR) is 102 cm³/mol. The Morgan fingerprint density at radius 3 is 2.68 bits per heavy atom. The van der Waals surface area contributed by atoms with E-state index in [0.29, 0.717) is 5.56 Å². The predicted octanol–water partition coefficient (Wildman–Crippen LogP) is 4.31. The van der Waals surface area contributed by atoms with Crippen LogP contribution in [-0.4, -0.2) is 18.4 Å². The lowest BCUT2D eigenvalue weighted by Crippen LogP contribution is -2.30. The summed E-state index contributed by atoms with van der Waals surface area (Å²) in [6.45, 7) is 2.71. The minimum Gasteiger partial charge on any atom is -0.322 e. The van der Waals surface area contributed by atoms with Crippen molar-refractivity contribution in [1.29, 1.82) is 0 Å². The molecule has 1 aliphatic carbocycles. The molecule has 1 N–H and O–H groups in total. The van der Waals surface area contributed by atoms with E-state index in [1.807, 2.05) is 42.2 Å². The zero-order valence-electron chi connectivity index (χ0n) is 14.0. The highest BCUT2D eigenvalue weighted by Gasteiger charge is 2.36. The second-order valence-corrected chi connectivity index (χ2v) is 7.63. The van der Waals surface area contributed by atoms with Crippen molar-refractivity contribution in [2.45, 2.75) is 26.2 Å². The summed E-state index contributed by atoms with van der Waals surface area (Å²) in [5.74, 6) is 0.326. The second kappa shape index (κ2) is 6.30. The summed E-state index contributed by atoms with van der Waals surface area (Å²) in [4.78, 5) is 26.8. The van der Waals surface area contributed by atoms with Gasteiger partial charge in [-0.1, -0.05) is 15.9 Å². The molecule has 2 aromatic carbocycles. The summed E-state index contributed by atoms with van der Waals surface area (Å²) >= 11 is 3.46. The van der Waals surface area contributed by atoms with Gasteiger partial charge in [-0.05, 0) is 73.7 Å². The highest BCUT2D eigenvalue weighted by atomic mass is 79.9. The van der Waals surface area contributed by atoms with E-state index in [4.69, 9.17) is 0 Å². The average Bonchev–Trinajstić information content (AvgIpc) is 3.36. The zero-order valence-corrected chi connectivity index (χ0v) is 15.6. The van der Waals surface area contributed by atoms with Crippen molar-refractivity contribution in [3.8, 4) is 0 Å².